The van der Waals surface area contributed by atoms with Crippen LogP contribution in [0.3, 0.4) is 0 Å². The number of halogens is 1. The van der Waals surface area contributed by atoms with Gasteiger partial charge in [0.15, 0.2) is 0 Å². The van der Waals surface area contributed by atoms with Crippen LogP contribution in [-0.4, -0.2) is 35.6 Å². The number of rotatable bonds is 4. The fraction of sp³-hybridized carbons (Fsp3) is 0.562. The summed E-state index contributed by atoms with van der Waals surface area (Å²) in [5.41, 5.74) is 1.07. The second kappa shape index (κ2) is 6.72. The van der Waals surface area contributed by atoms with Gasteiger partial charge in [0.1, 0.15) is 0 Å². The molecule has 1 amide bonds. The molecule has 0 radical (unpaired) electrons. The van der Waals surface area contributed by atoms with Crippen LogP contribution in [0.15, 0.2) is 28.7 Å². The van der Waals surface area contributed by atoms with E-state index < -0.39 is 0 Å². The molecule has 110 valence electrons. The smallest absolute Gasteiger partial charge is 0.227 e. The lowest BCUT2D eigenvalue weighted by atomic mass is 9.77. The average Bonchev–Trinajstić information content (AvgIpc) is 2.49. The molecule has 0 spiro atoms. The van der Waals surface area contributed by atoms with Crippen LogP contribution < -0.4 is 0 Å². The summed E-state index contributed by atoms with van der Waals surface area (Å²) >= 11 is 3.49. The molecule has 0 atom stereocenters. The third kappa shape index (κ3) is 3.41. The quantitative estimate of drug-likeness (QED) is 0.915. The molecule has 4 heteroatoms. The number of aliphatic hydroxyl groups excluding tert-OH is 1. The van der Waals surface area contributed by atoms with Crippen molar-refractivity contribution >= 4 is 21.8 Å². The molecule has 0 aromatic heterocycles. The Morgan fingerprint density at radius 3 is 2.55 bits per heavy atom. The highest BCUT2D eigenvalue weighted by atomic mass is 79.9. The minimum absolute atomic E-state index is 0.0319. The molecule has 1 fully saturated rings. The zero-order valence-electron chi connectivity index (χ0n) is 11.9. The van der Waals surface area contributed by atoms with Gasteiger partial charge in [-0.25, -0.2) is 0 Å². The van der Waals surface area contributed by atoms with Gasteiger partial charge in [0.05, 0.1) is 6.42 Å². The van der Waals surface area contributed by atoms with Crippen LogP contribution in [0.4, 0.5) is 0 Å². The van der Waals surface area contributed by atoms with Crippen molar-refractivity contribution in [2.24, 2.45) is 5.41 Å². The first-order valence-corrected chi connectivity index (χ1v) is 8.01. The summed E-state index contributed by atoms with van der Waals surface area (Å²) in [6.07, 6.45) is 3.23. The number of carbonyl (C=O) groups excluding carboxylic acids is 1. The number of likely N-dealkylation sites (tertiary alicyclic amines) is 1. The number of nitrogens with zero attached hydrogens (tertiary/aromatic N) is 1. The molecule has 2 rings (SSSR count). The Balaban J connectivity index is 1.94. The van der Waals surface area contributed by atoms with E-state index in [1.54, 1.807) is 0 Å². The van der Waals surface area contributed by atoms with E-state index in [0.29, 0.717) is 6.42 Å². The zero-order valence-corrected chi connectivity index (χ0v) is 13.5. The molecule has 0 aliphatic carbocycles. The van der Waals surface area contributed by atoms with Crippen molar-refractivity contribution < 1.29 is 9.90 Å². The fourth-order valence-electron chi connectivity index (χ4n) is 2.77. The van der Waals surface area contributed by atoms with Crippen LogP contribution in [0, 0.1) is 5.41 Å². The molecular formula is C16H22BrNO2. The van der Waals surface area contributed by atoms with Crippen LogP contribution >= 0.6 is 15.9 Å². The first kappa shape index (κ1) is 15.5. The number of carbonyl (C=O) groups is 1. The molecule has 0 unspecified atom stereocenters. The van der Waals surface area contributed by atoms with Gasteiger partial charge in [0.25, 0.3) is 0 Å². The molecule has 1 aliphatic rings. The van der Waals surface area contributed by atoms with Gasteiger partial charge < -0.3 is 10.0 Å². The standard InChI is InChI=1S/C16H22BrNO2/c1-2-16(12-19)7-9-18(10-8-16)15(20)11-13-5-3-4-6-14(13)17/h3-6,19H,2,7-12H2,1H3. The summed E-state index contributed by atoms with van der Waals surface area (Å²) < 4.78 is 0.989. The molecule has 1 aliphatic heterocycles. The van der Waals surface area contributed by atoms with Gasteiger partial charge in [-0.05, 0) is 36.3 Å². The van der Waals surface area contributed by atoms with Crippen LogP contribution in [0.5, 0.6) is 0 Å². The van der Waals surface area contributed by atoms with E-state index in [0.717, 1.165) is 42.4 Å². The van der Waals surface area contributed by atoms with Gasteiger partial charge in [-0.2, -0.15) is 0 Å². The maximum absolute atomic E-state index is 12.4. The second-order valence-electron chi connectivity index (χ2n) is 5.66. The number of piperidine rings is 1. The van der Waals surface area contributed by atoms with E-state index in [-0.39, 0.29) is 17.9 Å². The average molecular weight is 340 g/mol. The lowest BCUT2D eigenvalue weighted by Crippen LogP contribution is -2.45. The normalized spacial score (nSPS) is 18.1. The molecule has 20 heavy (non-hydrogen) atoms. The second-order valence-corrected chi connectivity index (χ2v) is 6.51. The largest absolute Gasteiger partial charge is 0.396 e. The van der Waals surface area contributed by atoms with E-state index in [4.69, 9.17) is 0 Å². The Kier molecular flexibility index (Phi) is 5.22. The molecule has 1 aromatic rings. The maximum atomic E-state index is 12.4. The summed E-state index contributed by atoms with van der Waals surface area (Å²) in [7, 11) is 0. The van der Waals surface area contributed by atoms with E-state index in [2.05, 4.69) is 22.9 Å². The van der Waals surface area contributed by atoms with Crippen LogP contribution in [0.1, 0.15) is 31.7 Å². The number of amides is 1. The van der Waals surface area contributed by atoms with Crippen molar-refractivity contribution in [3.05, 3.63) is 34.3 Å². The summed E-state index contributed by atoms with van der Waals surface area (Å²) in [6.45, 7) is 3.87. The molecule has 0 saturated carbocycles. The Morgan fingerprint density at radius 2 is 2.00 bits per heavy atom. The van der Waals surface area contributed by atoms with Crippen LogP contribution in [-0.2, 0) is 11.2 Å². The highest BCUT2D eigenvalue weighted by molar-refractivity contribution is 9.10. The van der Waals surface area contributed by atoms with Crippen molar-refractivity contribution in [3.8, 4) is 0 Å². The van der Waals surface area contributed by atoms with Crippen LogP contribution in [0.25, 0.3) is 0 Å². The minimum Gasteiger partial charge on any atom is -0.396 e. The lowest BCUT2D eigenvalue weighted by Gasteiger charge is -2.40. The predicted octanol–water partition coefficient (Wildman–Crippen LogP) is 3.00. The van der Waals surface area contributed by atoms with E-state index in [1.807, 2.05) is 29.2 Å². The fourth-order valence-corrected chi connectivity index (χ4v) is 3.20. The Hall–Kier alpha value is -0.870. The Labute approximate surface area is 129 Å². The third-order valence-electron chi connectivity index (χ3n) is 4.56. The van der Waals surface area contributed by atoms with Gasteiger partial charge in [-0.3, -0.25) is 4.79 Å². The molecule has 1 aromatic carbocycles. The lowest BCUT2D eigenvalue weighted by molar-refractivity contribution is -0.133. The van der Waals surface area contributed by atoms with Gasteiger partial charge in [0.2, 0.25) is 5.91 Å². The van der Waals surface area contributed by atoms with Crippen molar-refractivity contribution in [1.29, 1.82) is 0 Å². The Morgan fingerprint density at radius 1 is 1.35 bits per heavy atom. The summed E-state index contributed by atoms with van der Waals surface area (Å²) in [4.78, 5) is 14.3. The first-order chi connectivity index (χ1) is 9.60. The van der Waals surface area contributed by atoms with Crippen molar-refractivity contribution in [1.82, 2.24) is 4.90 Å². The van der Waals surface area contributed by atoms with Crippen molar-refractivity contribution in [2.45, 2.75) is 32.6 Å². The number of benzene rings is 1. The highest BCUT2D eigenvalue weighted by Crippen LogP contribution is 2.34. The maximum Gasteiger partial charge on any atom is 0.227 e. The van der Waals surface area contributed by atoms with Gasteiger partial charge in [-0.15, -0.1) is 0 Å². The number of aliphatic hydroxyl groups is 1. The van der Waals surface area contributed by atoms with Crippen molar-refractivity contribution in [3.63, 3.8) is 0 Å². The molecule has 1 N–H and O–H groups in total. The Bertz CT molecular complexity index is 461. The zero-order chi connectivity index (χ0) is 14.6. The van der Waals surface area contributed by atoms with Crippen LogP contribution in [0.2, 0.25) is 0 Å². The molecule has 1 saturated heterocycles. The SMILES string of the molecule is CCC1(CO)CCN(C(=O)Cc2ccccc2Br)CC1. The predicted molar refractivity (Wildman–Crippen MR) is 83.5 cm³/mol. The summed E-state index contributed by atoms with van der Waals surface area (Å²) in [5.74, 6) is 0.180. The van der Waals surface area contributed by atoms with Gasteiger partial charge >= 0.3 is 0 Å². The van der Waals surface area contributed by atoms with E-state index >= 15 is 0 Å². The monoisotopic (exact) mass is 339 g/mol. The molecule has 1 heterocycles. The number of hydrogen-bond donors (Lipinski definition) is 1. The minimum atomic E-state index is 0.0319. The topological polar surface area (TPSA) is 40.5 Å². The highest BCUT2D eigenvalue weighted by Gasteiger charge is 2.33. The summed E-state index contributed by atoms with van der Waals surface area (Å²) in [6, 6.07) is 7.86. The molecular weight excluding hydrogens is 318 g/mol. The third-order valence-corrected chi connectivity index (χ3v) is 5.34. The van der Waals surface area contributed by atoms with Gasteiger partial charge in [0, 0.05) is 24.2 Å². The number of hydrogen-bond acceptors (Lipinski definition) is 2. The van der Waals surface area contributed by atoms with Gasteiger partial charge in [-0.1, -0.05) is 41.1 Å². The molecule has 3 nitrogen and oxygen atoms in total. The van der Waals surface area contributed by atoms with Crippen molar-refractivity contribution in [2.75, 3.05) is 19.7 Å². The van der Waals surface area contributed by atoms with E-state index in [9.17, 15) is 9.90 Å². The first-order valence-electron chi connectivity index (χ1n) is 7.22. The summed E-state index contributed by atoms with van der Waals surface area (Å²) in [5, 5.41) is 9.53. The molecule has 0 bridgehead atoms. The van der Waals surface area contributed by atoms with E-state index in [1.165, 1.54) is 0 Å².